The molecule has 0 aliphatic heterocycles. The Balaban J connectivity index is 2.43. The van der Waals surface area contributed by atoms with E-state index in [1.54, 1.807) is 19.1 Å². The van der Waals surface area contributed by atoms with Crippen LogP contribution in [0.1, 0.15) is 19.4 Å². The maximum Gasteiger partial charge on any atom is 0.244 e. The normalized spacial score (nSPS) is 12.2. The summed E-state index contributed by atoms with van der Waals surface area (Å²) < 4.78 is 39.3. The third kappa shape index (κ3) is 7.20. The minimum atomic E-state index is -3.96. The van der Waals surface area contributed by atoms with Gasteiger partial charge in [-0.3, -0.25) is 13.9 Å². The zero-order valence-corrected chi connectivity index (χ0v) is 21.2. The predicted molar refractivity (Wildman–Crippen MR) is 129 cm³/mol. The van der Waals surface area contributed by atoms with Gasteiger partial charge in [0, 0.05) is 23.1 Å². The Bertz CT molecular complexity index is 1150. The first kappa shape index (κ1) is 27.2. The number of hydrogen-bond donors (Lipinski definition) is 1. The molecule has 0 saturated heterocycles. The fraction of sp³-hybridized carbons (Fsp3) is 0.333. The number of carbonyl (C=O) groups is 2. The first-order valence-corrected chi connectivity index (χ1v) is 12.8. The van der Waals surface area contributed by atoms with Crippen LogP contribution in [0.2, 0.25) is 15.1 Å². The van der Waals surface area contributed by atoms with E-state index in [0.717, 1.165) is 22.7 Å². The summed E-state index contributed by atoms with van der Waals surface area (Å²) in [4.78, 5) is 27.0. The van der Waals surface area contributed by atoms with Crippen LogP contribution in [0.15, 0.2) is 36.4 Å². The van der Waals surface area contributed by atoms with Gasteiger partial charge in [0.15, 0.2) is 0 Å². The molecule has 0 aliphatic rings. The maximum atomic E-state index is 13.6. The molecule has 0 saturated carbocycles. The Hall–Kier alpha value is -2.07. The second-order valence-corrected chi connectivity index (χ2v) is 10.4. The Kier molecular flexibility index (Phi) is 9.37. The van der Waals surface area contributed by atoms with Crippen molar-refractivity contribution in [1.82, 2.24) is 10.2 Å². The van der Waals surface area contributed by atoms with E-state index >= 15 is 0 Å². The zero-order valence-electron chi connectivity index (χ0n) is 18.1. The van der Waals surface area contributed by atoms with Crippen LogP contribution < -0.4 is 9.62 Å². The average molecular weight is 539 g/mol. The van der Waals surface area contributed by atoms with E-state index in [1.807, 2.05) is 0 Å². The summed E-state index contributed by atoms with van der Waals surface area (Å²) in [5.41, 5.74) is 0.522. The second-order valence-electron chi connectivity index (χ2n) is 7.20. The van der Waals surface area contributed by atoms with Crippen LogP contribution in [-0.4, -0.2) is 50.5 Å². The van der Waals surface area contributed by atoms with Gasteiger partial charge >= 0.3 is 0 Å². The van der Waals surface area contributed by atoms with E-state index in [1.165, 1.54) is 24.0 Å². The summed E-state index contributed by atoms with van der Waals surface area (Å²) in [6.45, 7) is 2.88. The molecule has 0 fully saturated rings. The van der Waals surface area contributed by atoms with Crippen LogP contribution in [-0.2, 0) is 26.2 Å². The number of nitrogens with zero attached hydrogens (tertiary/aromatic N) is 2. The molecule has 2 rings (SSSR count). The molecule has 0 aromatic heterocycles. The number of likely N-dealkylation sites (N-methyl/N-ethyl adjacent to an activating group) is 1. The van der Waals surface area contributed by atoms with Gasteiger partial charge in [0.1, 0.15) is 18.4 Å². The van der Waals surface area contributed by atoms with Crippen LogP contribution in [0, 0.1) is 5.82 Å². The molecule has 0 spiro atoms. The van der Waals surface area contributed by atoms with Crippen molar-refractivity contribution < 1.29 is 22.4 Å². The number of nitrogens with one attached hydrogen (secondary N) is 1. The molecule has 12 heteroatoms. The van der Waals surface area contributed by atoms with E-state index in [2.05, 4.69) is 5.32 Å². The van der Waals surface area contributed by atoms with Crippen LogP contribution in [0.5, 0.6) is 0 Å². The van der Waals surface area contributed by atoms with Crippen LogP contribution in [0.25, 0.3) is 0 Å². The molecule has 33 heavy (non-hydrogen) atoms. The number of carbonyl (C=O) groups excluding carboxylic acids is 2. The lowest BCUT2D eigenvalue weighted by molar-refractivity contribution is -0.139. The number of halogens is 4. The van der Waals surface area contributed by atoms with Gasteiger partial charge in [-0.1, -0.05) is 40.9 Å². The smallest absolute Gasteiger partial charge is 0.244 e. The maximum absolute atomic E-state index is 13.6. The van der Waals surface area contributed by atoms with Crippen LogP contribution >= 0.6 is 34.8 Å². The van der Waals surface area contributed by atoms with Crippen LogP contribution in [0.4, 0.5) is 10.1 Å². The third-order valence-electron chi connectivity index (χ3n) is 4.74. The van der Waals surface area contributed by atoms with E-state index in [0.29, 0.717) is 17.1 Å². The summed E-state index contributed by atoms with van der Waals surface area (Å²) in [5.74, 6) is -1.83. The fourth-order valence-electron chi connectivity index (χ4n) is 2.99. The van der Waals surface area contributed by atoms with Gasteiger partial charge in [0.2, 0.25) is 21.8 Å². The minimum Gasteiger partial charge on any atom is -0.355 e. The molecule has 2 aromatic carbocycles. The van der Waals surface area contributed by atoms with E-state index in [-0.39, 0.29) is 22.3 Å². The molecule has 0 aliphatic carbocycles. The van der Waals surface area contributed by atoms with Gasteiger partial charge < -0.3 is 10.2 Å². The van der Waals surface area contributed by atoms with E-state index in [9.17, 15) is 22.4 Å². The number of hydrogen-bond acceptors (Lipinski definition) is 4. The predicted octanol–water partition coefficient (Wildman–Crippen LogP) is 4.11. The molecule has 0 bridgehead atoms. The summed E-state index contributed by atoms with van der Waals surface area (Å²) in [5, 5.41) is 3.03. The molecule has 0 heterocycles. The lowest BCUT2D eigenvalue weighted by Crippen LogP contribution is -2.51. The van der Waals surface area contributed by atoms with Gasteiger partial charge in [-0.25, -0.2) is 12.8 Å². The first-order chi connectivity index (χ1) is 15.3. The van der Waals surface area contributed by atoms with Crippen molar-refractivity contribution in [3.8, 4) is 0 Å². The summed E-state index contributed by atoms with van der Waals surface area (Å²) in [6.07, 6.45) is 0.908. The molecular weight excluding hydrogens is 516 g/mol. The molecule has 0 unspecified atom stereocenters. The Labute approximate surface area is 207 Å². The quantitative estimate of drug-likeness (QED) is 0.521. The van der Waals surface area contributed by atoms with Crippen molar-refractivity contribution in [2.45, 2.75) is 26.4 Å². The van der Waals surface area contributed by atoms with Gasteiger partial charge in [0.05, 0.1) is 17.0 Å². The summed E-state index contributed by atoms with van der Waals surface area (Å²) in [7, 11) is -3.96. The highest BCUT2D eigenvalue weighted by atomic mass is 35.5. The second kappa shape index (κ2) is 11.4. The molecule has 180 valence electrons. The van der Waals surface area contributed by atoms with Crippen molar-refractivity contribution in [2.24, 2.45) is 0 Å². The van der Waals surface area contributed by atoms with Gasteiger partial charge in [-0.05, 0) is 49.7 Å². The van der Waals surface area contributed by atoms with E-state index in [4.69, 9.17) is 34.8 Å². The van der Waals surface area contributed by atoms with Gasteiger partial charge in [-0.15, -0.1) is 0 Å². The number of benzene rings is 2. The first-order valence-electron chi connectivity index (χ1n) is 9.79. The lowest BCUT2D eigenvalue weighted by Gasteiger charge is -2.31. The minimum absolute atomic E-state index is 0.00684. The van der Waals surface area contributed by atoms with Gasteiger partial charge in [0.25, 0.3) is 0 Å². The SMILES string of the molecule is CCNC(=O)[C@H](C)N(Cc1ccc(Cl)cc1Cl)C(=O)CN(c1ccc(F)c(Cl)c1)S(C)(=O)=O. The summed E-state index contributed by atoms with van der Waals surface area (Å²) in [6, 6.07) is 7.07. The molecule has 0 radical (unpaired) electrons. The molecule has 2 aromatic rings. The molecule has 7 nitrogen and oxygen atoms in total. The van der Waals surface area contributed by atoms with Gasteiger partial charge in [-0.2, -0.15) is 0 Å². The van der Waals surface area contributed by atoms with Crippen LogP contribution in [0.3, 0.4) is 0 Å². The average Bonchev–Trinajstić information content (AvgIpc) is 2.72. The molecule has 1 atom stereocenters. The lowest BCUT2D eigenvalue weighted by atomic mass is 10.1. The van der Waals surface area contributed by atoms with E-state index < -0.39 is 40.2 Å². The number of sulfonamides is 1. The molecule has 1 N–H and O–H groups in total. The zero-order chi connectivity index (χ0) is 24.9. The largest absolute Gasteiger partial charge is 0.355 e. The highest BCUT2D eigenvalue weighted by Crippen LogP contribution is 2.26. The molecular formula is C21H23Cl3FN3O4S. The highest BCUT2D eigenvalue weighted by molar-refractivity contribution is 7.92. The Morgan fingerprint density at radius 1 is 1.09 bits per heavy atom. The summed E-state index contributed by atoms with van der Waals surface area (Å²) >= 11 is 18.0. The van der Waals surface area contributed by atoms with Crippen molar-refractivity contribution in [3.63, 3.8) is 0 Å². The topological polar surface area (TPSA) is 86.8 Å². The number of amides is 2. The Morgan fingerprint density at radius 2 is 1.76 bits per heavy atom. The third-order valence-corrected chi connectivity index (χ3v) is 6.76. The fourth-order valence-corrected chi connectivity index (χ4v) is 4.48. The Morgan fingerprint density at radius 3 is 2.30 bits per heavy atom. The molecule has 2 amide bonds. The standard InChI is InChI=1S/C21H23Cl3FN3O4S/c1-4-26-21(30)13(2)27(11-14-5-6-15(22)9-17(14)23)20(29)12-28(33(3,31)32)16-7-8-19(25)18(24)10-16/h5-10,13H,4,11-12H2,1-3H3,(H,26,30)/t13-/m0/s1. The highest BCUT2D eigenvalue weighted by Gasteiger charge is 2.30. The van der Waals surface area contributed by atoms with Crippen molar-refractivity contribution in [1.29, 1.82) is 0 Å². The van der Waals surface area contributed by atoms with Crippen molar-refractivity contribution >= 4 is 62.3 Å². The monoisotopic (exact) mass is 537 g/mol. The number of anilines is 1. The van der Waals surface area contributed by atoms with Crippen molar-refractivity contribution in [3.05, 3.63) is 62.8 Å². The number of rotatable bonds is 9. The van der Waals surface area contributed by atoms with Crippen molar-refractivity contribution in [2.75, 3.05) is 23.7 Å².